The summed E-state index contributed by atoms with van der Waals surface area (Å²) in [5.41, 5.74) is 3.02. The summed E-state index contributed by atoms with van der Waals surface area (Å²) in [7, 11) is 0. The van der Waals surface area contributed by atoms with Gasteiger partial charge in [-0.1, -0.05) is 41.0 Å². The van der Waals surface area contributed by atoms with Gasteiger partial charge >= 0.3 is 0 Å². The van der Waals surface area contributed by atoms with Crippen molar-refractivity contribution in [3.05, 3.63) is 24.3 Å². The van der Waals surface area contributed by atoms with Gasteiger partial charge in [0.1, 0.15) is 0 Å². The molecule has 0 amide bonds. The zero-order chi connectivity index (χ0) is 16.6. The molecular weight excluding hydrogens is 268 g/mol. The fraction of sp³-hybridized carbons (Fsp3) is 0.700. The summed E-state index contributed by atoms with van der Waals surface area (Å²) in [6.45, 7) is 14.8. The van der Waals surface area contributed by atoms with Crippen LogP contribution >= 0.6 is 0 Å². The highest BCUT2D eigenvalue weighted by Crippen LogP contribution is 2.28. The summed E-state index contributed by atoms with van der Waals surface area (Å²) >= 11 is 0. The molecule has 0 aliphatic rings. The first-order valence-electron chi connectivity index (χ1n) is 9.02. The Bertz CT molecular complexity index is 420. The molecule has 2 nitrogen and oxygen atoms in total. The molecule has 0 spiro atoms. The minimum Gasteiger partial charge on any atom is -0.384 e. The van der Waals surface area contributed by atoms with Crippen LogP contribution in [0.2, 0.25) is 0 Å². The second-order valence-electron chi connectivity index (χ2n) is 7.24. The summed E-state index contributed by atoms with van der Waals surface area (Å²) in [4.78, 5) is 0. The molecule has 1 aromatic carbocycles. The molecule has 0 aromatic heterocycles. The van der Waals surface area contributed by atoms with E-state index < -0.39 is 0 Å². The maximum atomic E-state index is 3.66. The number of benzene rings is 1. The molecule has 2 heteroatoms. The first-order valence-corrected chi connectivity index (χ1v) is 9.02. The Labute approximate surface area is 138 Å². The van der Waals surface area contributed by atoms with E-state index >= 15 is 0 Å². The van der Waals surface area contributed by atoms with E-state index in [4.69, 9.17) is 0 Å². The van der Waals surface area contributed by atoms with E-state index in [-0.39, 0.29) is 5.54 Å². The Balaban J connectivity index is 2.62. The van der Waals surface area contributed by atoms with Crippen LogP contribution in [0.15, 0.2) is 24.3 Å². The molecule has 22 heavy (non-hydrogen) atoms. The van der Waals surface area contributed by atoms with Crippen molar-refractivity contribution < 1.29 is 0 Å². The first-order chi connectivity index (χ1) is 10.4. The number of rotatable bonds is 10. The Kier molecular flexibility index (Phi) is 7.25. The van der Waals surface area contributed by atoms with Gasteiger partial charge in [0.2, 0.25) is 0 Å². The van der Waals surface area contributed by atoms with E-state index in [2.05, 4.69) is 76.4 Å². The van der Waals surface area contributed by atoms with Crippen LogP contribution in [-0.4, -0.2) is 12.1 Å². The summed E-state index contributed by atoms with van der Waals surface area (Å²) in [5.74, 6) is 0. The van der Waals surface area contributed by atoms with Gasteiger partial charge < -0.3 is 10.6 Å². The Morgan fingerprint density at radius 2 is 1.36 bits per heavy atom. The minimum atomic E-state index is 0.191. The Morgan fingerprint density at radius 1 is 0.818 bits per heavy atom. The van der Waals surface area contributed by atoms with Crippen molar-refractivity contribution in [3.63, 3.8) is 0 Å². The van der Waals surface area contributed by atoms with E-state index in [0.717, 1.165) is 19.4 Å². The second-order valence-corrected chi connectivity index (χ2v) is 7.24. The lowest BCUT2D eigenvalue weighted by Gasteiger charge is -2.30. The van der Waals surface area contributed by atoms with E-state index in [1.807, 2.05) is 0 Å². The highest BCUT2D eigenvalue weighted by molar-refractivity contribution is 5.54. The van der Waals surface area contributed by atoms with Gasteiger partial charge in [-0.15, -0.1) is 0 Å². The largest absolute Gasteiger partial charge is 0.384 e. The van der Waals surface area contributed by atoms with E-state index in [1.165, 1.54) is 30.6 Å². The first kappa shape index (κ1) is 18.9. The van der Waals surface area contributed by atoms with Gasteiger partial charge in [-0.25, -0.2) is 0 Å². The van der Waals surface area contributed by atoms with Crippen molar-refractivity contribution in [1.29, 1.82) is 0 Å². The molecule has 1 unspecified atom stereocenters. The maximum absolute atomic E-state index is 3.66. The molecule has 0 aliphatic heterocycles. The van der Waals surface area contributed by atoms with Crippen LogP contribution in [0.1, 0.15) is 73.6 Å². The van der Waals surface area contributed by atoms with Gasteiger partial charge in [0.15, 0.2) is 0 Å². The minimum absolute atomic E-state index is 0.191. The molecule has 0 bridgehead atoms. The van der Waals surface area contributed by atoms with E-state index in [9.17, 15) is 0 Å². The van der Waals surface area contributed by atoms with Crippen molar-refractivity contribution in [1.82, 2.24) is 0 Å². The predicted molar refractivity (Wildman–Crippen MR) is 101 cm³/mol. The lowest BCUT2D eigenvalue weighted by atomic mass is 9.83. The molecule has 2 N–H and O–H groups in total. The number of nitrogens with one attached hydrogen (secondary N) is 2. The number of hydrogen-bond acceptors (Lipinski definition) is 2. The topological polar surface area (TPSA) is 24.1 Å². The lowest BCUT2D eigenvalue weighted by molar-refractivity contribution is 0.303. The normalized spacial score (nSPS) is 14.5. The van der Waals surface area contributed by atoms with Crippen LogP contribution in [0.25, 0.3) is 0 Å². The molecule has 0 heterocycles. The lowest BCUT2D eigenvalue weighted by Crippen LogP contribution is -2.32. The quantitative estimate of drug-likeness (QED) is 0.529. The molecule has 1 atom stereocenters. The highest BCUT2D eigenvalue weighted by atomic mass is 15.0. The SMILES string of the molecule is CCCC(C)(CC)CNc1ccc(NC(C)(CC)CC)cc1. The van der Waals surface area contributed by atoms with Crippen molar-refractivity contribution in [2.45, 2.75) is 79.2 Å². The number of hydrogen-bond donors (Lipinski definition) is 2. The summed E-state index contributed by atoms with van der Waals surface area (Å²) in [5, 5.41) is 7.27. The van der Waals surface area contributed by atoms with Crippen LogP contribution in [0.3, 0.4) is 0 Å². The molecule has 1 aromatic rings. The average molecular weight is 305 g/mol. The van der Waals surface area contributed by atoms with Crippen molar-refractivity contribution in [2.75, 3.05) is 17.2 Å². The summed E-state index contributed by atoms with van der Waals surface area (Å²) in [6.07, 6.45) is 6.02. The van der Waals surface area contributed by atoms with E-state index in [1.54, 1.807) is 0 Å². The molecule has 0 aliphatic carbocycles. The third kappa shape index (κ3) is 5.55. The molecule has 126 valence electrons. The van der Waals surface area contributed by atoms with Gasteiger partial charge in [-0.2, -0.15) is 0 Å². The molecule has 1 rings (SSSR count). The van der Waals surface area contributed by atoms with E-state index in [0.29, 0.717) is 5.41 Å². The van der Waals surface area contributed by atoms with Crippen LogP contribution in [0.5, 0.6) is 0 Å². The smallest absolute Gasteiger partial charge is 0.0345 e. The van der Waals surface area contributed by atoms with Gasteiger partial charge in [0.05, 0.1) is 0 Å². The van der Waals surface area contributed by atoms with Crippen LogP contribution in [-0.2, 0) is 0 Å². The fourth-order valence-electron chi connectivity index (χ4n) is 2.76. The maximum Gasteiger partial charge on any atom is 0.0345 e. The van der Waals surface area contributed by atoms with Crippen LogP contribution < -0.4 is 10.6 Å². The van der Waals surface area contributed by atoms with Crippen molar-refractivity contribution >= 4 is 11.4 Å². The van der Waals surface area contributed by atoms with Gasteiger partial charge in [0, 0.05) is 23.5 Å². The Hall–Kier alpha value is -1.18. The molecule has 0 fully saturated rings. The van der Waals surface area contributed by atoms with Crippen molar-refractivity contribution in [2.24, 2.45) is 5.41 Å². The summed E-state index contributed by atoms with van der Waals surface area (Å²) < 4.78 is 0. The molecule has 0 radical (unpaired) electrons. The van der Waals surface area contributed by atoms with Gasteiger partial charge in [-0.3, -0.25) is 0 Å². The highest BCUT2D eigenvalue weighted by Gasteiger charge is 2.21. The zero-order valence-corrected chi connectivity index (χ0v) is 15.6. The standard InChI is InChI=1S/C20H36N2/c1-7-15-19(5,8-2)16-21-17-11-13-18(14-12-17)22-20(6,9-3)10-4/h11-14,21-22H,7-10,15-16H2,1-6H3. The predicted octanol–water partition coefficient (Wildman–Crippen LogP) is 6.31. The second kappa shape index (κ2) is 8.45. The molecular formula is C20H36N2. The molecule has 0 saturated carbocycles. The third-order valence-corrected chi connectivity index (χ3v) is 5.32. The summed E-state index contributed by atoms with van der Waals surface area (Å²) in [6, 6.07) is 8.76. The molecule has 0 saturated heterocycles. The van der Waals surface area contributed by atoms with Gasteiger partial charge in [0.25, 0.3) is 0 Å². The van der Waals surface area contributed by atoms with Crippen molar-refractivity contribution in [3.8, 4) is 0 Å². The third-order valence-electron chi connectivity index (χ3n) is 5.32. The van der Waals surface area contributed by atoms with Crippen LogP contribution in [0.4, 0.5) is 11.4 Å². The zero-order valence-electron chi connectivity index (χ0n) is 15.6. The number of anilines is 2. The average Bonchev–Trinajstić information content (AvgIpc) is 2.54. The monoisotopic (exact) mass is 304 g/mol. The Morgan fingerprint density at radius 3 is 1.82 bits per heavy atom. The van der Waals surface area contributed by atoms with Crippen LogP contribution in [0, 0.1) is 5.41 Å². The van der Waals surface area contributed by atoms with Gasteiger partial charge in [-0.05, 0) is 62.3 Å². The fourth-order valence-corrected chi connectivity index (χ4v) is 2.76.